The zero-order valence-electron chi connectivity index (χ0n) is 11.0. The van der Waals surface area contributed by atoms with Crippen molar-refractivity contribution in [1.82, 2.24) is 14.9 Å². The minimum absolute atomic E-state index is 0.0107. The van der Waals surface area contributed by atoms with Crippen LogP contribution in [-0.2, 0) is 11.3 Å². The van der Waals surface area contributed by atoms with E-state index < -0.39 is 6.55 Å². The Bertz CT molecular complexity index is 502. The van der Waals surface area contributed by atoms with E-state index in [4.69, 9.17) is 5.73 Å². The maximum atomic E-state index is 12.7. The molecule has 1 heterocycles. The van der Waals surface area contributed by atoms with Crippen LogP contribution in [0.15, 0.2) is 12.4 Å². The van der Waals surface area contributed by atoms with Gasteiger partial charge in [-0.25, -0.2) is 4.98 Å². The first kappa shape index (κ1) is 13.5. The molecular formula is C13H18F2N4O. The Balaban J connectivity index is 1.61. The Hall–Kier alpha value is -1.50. The van der Waals surface area contributed by atoms with Crippen molar-refractivity contribution in [3.05, 3.63) is 18.2 Å². The number of rotatable bonds is 4. The molecule has 3 rings (SSSR count). The molecule has 0 aromatic carbocycles. The van der Waals surface area contributed by atoms with Gasteiger partial charge in [0.2, 0.25) is 5.91 Å². The van der Waals surface area contributed by atoms with Crippen molar-refractivity contribution in [1.29, 1.82) is 0 Å². The molecule has 1 amide bonds. The summed E-state index contributed by atoms with van der Waals surface area (Å²) in [5.74, 6) is 0.644. The molecule has 4 unspecified atom stereocenters. The van der Waals surface area contributed by atoms with Crippen LogP contribution in [0.25, 0.3) is 0 Å². The maximum absolute atomic E-state index is 12.7. The average Bonchev–Trinajstić information content (AvgIpc) is 3.10. The zero-order valence-corrected chi connectivity index (χ0v) is 11.0. The predicted octanol–water partition coefficient (Wildman–Crippen LogP) is 1.27. The number of carbonyl (C=O) groups is 1. The van der Waals surface area contributed by atoms with Gasteiger partial charge >= 0.3 is 6.55 Å². The van der Waals surface area contributed by atoms with Crippen LogP contribution < -0.4 is 11.1 Å². The summed E-state index contributed by atoms with van der Waals surface area (Å²) in [7, 11) is 0. The average molecular weight is 284 g/mol. The lowest BCUT2D eigenvalue weighted by Gasteiger charge is -2.26. The number of halogens is 2. The third-order valence-electron chi connectivity index (χ3n) is 4.66. The molecule has 2 saturated carbocycles. The molecule has 4 atom stereocenters. The molecule has 0 saturated heterocycles. The van der Waals surface area contributed by atoms with Crippen LogP contribution in [0.4, 0.5) is 8.78 Å². The molecule has 5 nitrogen and oxygen atoms in total. The van der Waals surface area contributed by atoms with Crippen LogP contribution in [0, 0.1) is 17.8 Å². The van der Waals surface area contributed by atoms with E-state index in [1.165, 1.54) is 12.4 Å². The van der Waals surface area contributed by atoms with Crippen LogP contribution in [0.3, 0.4) is 0 Å². The van der Waals surface area contributed by atoms with Gasteiger partial charge < -0.3 is 11.1 Å². The number of hydrogen-bond acceptors (Lipinski definition) is 3. The Kier molecular flexibility index (Phi) is 3.45. The van der Waals surface area contributed by atoms with Gasteiger partial charge in [-0.05, 0) is 31.1 Å². The van der Waals surface area contributed by atoms with Crippen molar-refractivity contribution in [3.8, 4) is 0 Å². The number of alkyl halides is 2. The van der Waals surface area contributed by atoms with Gasteiger partial charge in [-0.3, -0.25) is 9.36 Å². The van der Waals surface area contributed by atoms with Crippen LogP contribution in [0.2, 0.25) is 0 Å². The van der Waals surface area contributed by atoms with E-state index in [1.54, 1.807) is 0 Å². The van der Waals surface area contributed by atoms with Crippen molar-refractivity contribution in [2.45, 2.75) is 38.4 Å². The SMILES string of the molecule is NC1C2CCC(C2)C1C(=O)NCc1nccn1C(F)F. The number of nitrogens with two attached hydrogens (primary N) is 1. The number of aromatic nitrogens is 2. The second-order valence-electron chi connectivity index (χ2n) is 5.68. The highest BCUT2D eigenvalue weighted by Gasteiger charge is 2.48. The van der Waals surface area contributed by atoms with Gasteiger partial charge in [0.25, 0.3) is 0 Å². The fourth-order valence-electron chi connectivity index (χ4n) is 3.67. The Morgan fingerprint density at radius 2 is 2.25 bits per heavy atom. The molecular weight excluding hydrogens is 266 g/mol. The summed E-state index contributed by atoms with van der Waals surface area (Å²) in [5.41, 5.74) is 6.09. The monoisotopic (exact) mass is 284 g/mol. The number of fused-ring (bicyclic) bond motifs is 2. The highest BCUT2D eigenvalue weighted by atomic mass is 19.3. The molecule has 3 N–H and O–H groups in total. The topological polar surface area (TPSA) is 72.9 Å². The van der Waals surface area contributed by atoms with Crippen LogP contribution in [-0.4, -0.2) is 21.5 Å². The lowest BCUT2D eigenvalue weighted by molar-refractivity contribution is -0.127. The highest BCUT2D eigenvalue weighted by molar-refractivity contribution is 5.80. The second-order valence-corrected chi connectivity index (χ2v) is 5.68. The summed E-state index contributed by atoms with van der Waals surface area (Å²) < 4.78 is 26.1. The molecule has 20 heavy (non-hydrogen) atoms. The molecule has 2 aliphatic rings. The molecule has 110 valence electrons. The highest BCUT2D eigenvalue weighted by Crippen LogP contribution is 2.47. The van der Waals surface area contributed by atoms with Gasteiger partial charge in [0.1, 0.15) is 5.82 Å². The van der Waals surface area contributed by atoms with Crippen LogP contribution in [0.1, 0.15) is 31.6 Å². The van der Waals surface area contributed by atoms with Crippen molar-refractivity contribution < 1.29 is 13.6 Å². The van der Waals surface area contributed by atoms with E-state index in [1.807, 2.05) is 0 Å². The second kappa shape index (κ2) is 5.12. The zero-order chi connectivity index (χ0) is 14.3. The lowest BCUT2D eigenvalue weighted by atomic mass is 9.84. The van der Waals surface area contributed by atoms with E-state index in [0.29, 0.717) is 11.8 Å². The number of nitrogens with zero attached hydrogens (tertiary/aromatic N) is 2. The van der Waals surface area contributed by atoms with Gasteiger partial charge in [0.15, 0.2) is 0 Å². The normalized spacial score (nSPS) is 32.0. The van der Waals surface area contributed by atoms with Crippen molar-refractivity contribution >= 4 is 5.91 Å². The molecule has 2 aliphatic carbocycles. The van der Waals surface area contributed by atoms with E-state index in [2.05, 4.69) is 10.3 Å². The predicted molar refractivity (Wildman–Crippen MR) is 67.6 cm³/mol. The molecule has 7 heteroatoms. The minimum Gasteiger partial charge on any atom is -0.349 e. The Morgan fingerprint density at radius 1 is 1.50 bits per heavy atom. The minimum atomic E-state index is -2.64. The third kappa shape index (κ3) is 2.19. The van der Waals surface area contributed by atoms with Crippen molar-refractivity contribution in [2.75, 3.05) is 0 Å². The van der Waals surface area contributed by atoms with Gasteiger partial charge in [0, 0.05) is 18.4 Å². The summed E-state index contributed by atoms with van der Waals surface area (Å²) in [6.07, 6.45) is 5.67. The van der Waals surface area contributed by atoms with E-state index in [9.17, 15) is 13.6 Å². The number of carbonyl (C=O) groups excluding carboxylic acids is 1. The Morgan fingerprint density at radius 3 is 2.90 bits per heavy atom. The standard InChI is InChI=1S/C13H18F2N4O/c14-13(15)19-4-3-17-9(19)6-18-12(20)10-7-1-2-8(5-7)11(10)16/h3-4,7-8,10-11,13H,1-2,5-6,16H2,(H,18,20). The quantitative estimate of drug-likeness (QED) is 0.874. The summed E-state index contributed by atoms with van der Waals surface area (Å²) in [4.78, 5) is 16.0. The van der Waals surface area contributed by atoms with Gasteiger partial charge in [-0.2, -0.15) is 8.78 Å². The first-order valence-corrected chi connectivity index (χ1v) is 6.91. The summed E-state index contributed by atoms with van der Waals surface area (Å²) in [6.45, 7) is -2.63. The van der Waals surface area contributed by atoms with Crippen LogP contribution >= 0.6 is 0 Å². The van der Waals surface area contributed by atoms with Crippen molar-refractivity contribution in [3.63, 3.8) is 0 Å². The van der Waals surface area contributed by atoms with Crippen LogP contribution in [0.5, 0.6) is 0 Å². The molecule has 2 bridgehead atoms. The fraction of sp³-hybridized carbons (Fsp3) is 0.692. The molecule has 2 fully saturated rings. The summed E-state index contributed by atoms with van der Waals surface area (Å²) >= 11 is 0. The van der Waals surface area contributed by atoms with E-state index >= 15 is 0 Å². The van der Waals surface area contributed by atoms with Crippen molar-refractivity contribution in [2.24, 2.45) is 23.5 Å². The summed E-state index contributed by atoms with van der Waals surface area (Å²) in [6, 6.07) is -0.0939. The molecule has 0 spiro atoms. The van der Waals surface area contributed by atoms with E-state index in [-0.39, 0.29) is 30.2 Å². The number of hydrogen-bond donors (Lipinski definition) is 2. The molecule has 1 aromatic heterocycles. The lowest BCUT2D eigenvalue weighted by Crippen LogP contribution is -2.45. The first-order valence-electron chi connectivity index (χ1n) is 6.91. The van der Waals surface area contributed by atoms with E-state index in [0.717, 1.165) is 23.8 Å². The summed E-state index contributed by atoms with van der Waals surface area (Å²) in [5, 5.41) is 2.70. The van der Waals surface area contributed by atoms with Gasteiger partial charge in [-0.1, -0.05) is 0 Å². The van der Waals surface area contributed by atoms with Gasteiger partial charge in [-0.15, -0.1) is 0 Å². The largest absolute Gasteiger partial charge is 0.349 e. The van der Waals surface area contributed by atoms with Gasteiger partial charge in [0.05, 0.1) is 12.5 Å². The Labute approximate surface area is 115 Å². The maximum Gasteiger partial charge on any atom is 0.319 e. The smallest absolute Gasteiger partial charge is 0.319 e. The molecule has 0 radical (unpaired) electrons. The number of amides is 1. The molecule has 1 aromatic rings. The number of imidazole rings is 1. The first-order chi connectivity index (χ1) is 9.58. The fourth-order valence-corrected chi connectivity index (χ4v) is 3.67. The third-order valence-corrected chi connectivity index (χ3v) is 4.66. The number of nitrogens with one attached hydrogen (secondary N) is 1. The molecule has 0 aliphatic heterocycles.